The minimum absolute atomic E-state index is 0.175. The van der Waals surface area contributed by atoms with Crippen LogP contribution in [0.15, 0.2) is 48.8 Å². The molecule has 5 heteroatoms. The molecule has 1 aromatic carbocycles. The van der Waals surface area contributed by atoms with E-state index in [4.69, 9.17) is 0 Å². The summed E-state index contributed by atoms with van der Waals surface area (Å²) in [5.41, 5.74) is 3.77. The number of hydrogen-bond acceptors (Lipinski definition) is 4. The number of anilines is 2. The zero-order valence-electron chi connectivity index (χ0n) is 15.3. The lowest BCUT2D eigenvalue weighted by Gasteiger charge is -2.37. The van der Waals surface area contributed by atoms with Gasteiger partial charge in [-0.3, -0.25) is 9.78 Å². The molecule has 2 fully saturated rings. The van der Waals surface area contributed by atoms with Crippen LogP contribution in [0.5, 0.6) is 0 Å². The van der Waals surface area contributed by atoms with Crippen LogP contribution in [0.3, 0.4) is 0 Å². The van der Waals surface area contributed by atoms with Crippen molar-refractivity contribution in [2.75, 3.05) is 36.4 Å². The molecule has 136 valence electrons. The molecule has 0 bridgehead atoms. The molecule has 1 saturated carbocycles. The van der Waals surface area contributed by atoms with Crippen molar-refractivity contribution in [1.82, 2.24) is 9.88 Å². The lowest BCUT2D eigenvalue weighted by Crippen LogP contribution is -2.48. The van der Waals surface area contributed by atoms with E-state index in [9.17, 15) is 4.79 Å². The number of aromatic nitrogens is 1. The predicted octanol–water partition coefficient (Wildman–Crippen LogP) is 3.11. The van der Waals surface area contributed by atoms with Gasteiger partial charge in [0.1, 0.15) is 0 Å². The number of benzene rings is 1. The fourth-order valence-electron chi connectivity index (χ4n) is 3.91. The van der Waals surface area contributed by atoms with Gasteiger partial charge in [0.25, 0.3) is 0 Å². The molecular weight excluding hydrogens is 324 g/mol. The number of carbonyl (C=O) groups is 1. The molecule has 26 heavy (non-hydrogen) atoms. The van der Waals surface area contributed by atoms with Gasteiger partial charge in [-0.1, -0.05) is 6.07 Å². The first-order chi connectivity index (χ1) is 12.7. The average molecular weight is 350 g/mol. The maximum absolute atomic E-state index is 11.4. The summed E-state index contributed by atoms with van der Waals surface area (Å²) in [7, 11) is 0. The number of pyridine rings is 1. The van der Waals surface area contributed by atoms with Gasteiger partial charge in [-0.15, -0.1) is 0 Å². The summed E-state index contributed by atoms with van der Waals surface area (Å²) in [6, 6.07) is 13.4. The predicted molar refractivity (Wildman–Crippen MR) is 105 cm³/mol. The summed E-state index contributed by atoms with van der Waals surface area (Å²) in [5.74, 6) is 0.812. The SMILES string of the molecule is CC(=O)N1CCN(c2ccc(NC3CC(c4cccnc4)C3)cc2)CC1. The van der Waals surface area contributed by atoms with Crippen LogP contribution in [-0.4, -0.2) is 48.0 Å². The van der Waals surface area contributed by atoms with Crippen LogP contribution in [0, 0.1) is 0 Å². The van der Waals surface area contributed by atoms with Gasteiger partial charge in [-0.05, 0) is 54.7 Å². The van der Waals surface area contributed by atoms with E-state index in [1.807, 2.05) is 23.4 Å². The Morgan fingerprint density at radius 3 is 2.42 bits per heavy atom. The Kier molecular flexibility index (Phi) is 4.78. The van der Waals surface area contributed by atoms with E-state index < -0.39 is 0 Å². The normalized spacial score (nSPS) is 22.7. The summed E-state index contributed by atoms with van der Waals surface area (Å²) in [6.07, 6.45) is 6.15. The molecule has 1 aliphatic heterocycles. The van der Waals surface area contributed by atoms with E-state index in [1.54, 1.807) is 6.92 Å². The summed E-state index contributed by atoms with van der Waals surface area (Å²) in [6.45, 7) is 5.08. The van der Waals surface area contributed by atoms with Gasteiger partial charge in [-0.25, -0.2) is 0 Å². The molecule has 1 amide bonds. The van der Waals surface area contributed by atoms with Crippen LogP contribution in [0.4, 0.5) is 11.4 Å². The first kappa shape index (κ1) is 16.9. The van der Waals surface area contributed by atoms with E-state index in [2.05, 4.69) is 45.5 Å². The summed E-state index contributed by atoms with van der Waals surface area (Å²) in [4.78, 5) is 19.9. The topological polar surface area (TPSA) is 48.5 Å². The second-order valence-corrected chi connectivity index (χ2v) is 7.34. The Balaban J connectivity index is 1.27. The summed E-state index contributed by atoms with van der Waals surface area (Å²) >= 11 is 0. The third-order valence-electron chi connectivity index (χ3n) is 5.62. The number of carbonyl (C=O) groups excluding carboxylic acids is 1. The number of rotatable bonds is 4. The molecule has 2 aromatic rings. The van der Waals surface area contributed by atoms with E-state index in [-0.39, 0.29) is 5.91 Å². The van der Waals surface area contributed by atoms with Gasteiger partial charge in [0.15, 0.2) is 0 Å². The van der Waals surface area contributed by atoms with Crippen LogP contribution in [-0.2, 0) is 4.79 Å². The second-order valence-electron chi connectivity index (χ2n) is 7.34. The third kappa shape index (κ3) is 3.66. The molecular formula is C21H26N4O. The second kappa shape index (κ2) is 7.36. The van der Waals surface area contributed by atoms with Gasteiger partial charge in [0.2, 0.25) is 5.91 Å². The minimum atomic E-state index is 0.175. The van der Waals surface area contributed by atoms with Crippen molar-refractivity contribution in [3.63, 3.8) is 0 Å². The smallest absolute Gasteiger partial charge is 0.219 e. The van der Waals surface area contributed by atoms with Gasteiger partial charge >= 0.3 is 0 Å². The van der Waals surface area contributed by atoms with Crippen LogP contribution < -0.4 is 10.2 Å². The first-order valence-electron chi connectivity index (χ1n) is 9.46. The molecule has 1 N–H and O–H groups in total. The zero-order chi connectivity index (χ0) is 17.9. The van der Waals surface area contributed by atoms with Crippen LogP contribution in [0.2, 0.25) is 0 Å². The molecule has 4 rings (SSSR count). The Morgan fingerprint density at radius 1 is 1.08 bits per heavy atom. The minimum Gasteiger partial charge on any atom is -0.382 e. The van der Waals surface area contributed by atoms with E-state index in [1.165, 1.54) is 29.8 Å². The maximum Gasteiger partial charge on any atom is 0.219 e. The van der Waals surface area contributed by atoms with Crippen LogP contribution in [0.25, 0.3) is 0 Å². The lowest BCUT2D eigenvalue weighted by atomic mass is 9.76. The average Bonchev–Trinajstić information content (AvgIpc) is 2.65. The molecule has 1 saturated heterocycles. The summed E-state index contributed by atoms with van der Waals surface area (Å²) in [5, 5.41) is 3.64. The number of amides is 1. The molecule has 0 atom stereocenters. The maximum atomic E-state index is 11.4. The van der Waals surface area contributed by atoms with E-state index >= 15 is 0 Å². The highest BCUT2D eigenvalue weighted by atomic mass is 16.2. The van der Waals surface area contributed by atoms with Crippen LogP contribution >= 0.6 is 0 Å². The Hall–Kier alpha value is -2.56. The van der Waals surface area contributed by atoms with Crippen LogP contribution in [0.1, 0.15) is 31.2 Å². The molecule has 2 aliphatic rings. The number of piperazine rings is 1. The van der Waals surface area contributed by atoms with Gasteiger partial charge in [0.05, 0.1) is 0 Å². The summed E-state index contributed by atoms with van der Waals surface area (Å²) < 4.78 is 0. The van der Waals surface area contributed by atoms with Gasteiger partial charge in [-0.2, -0.15) is 0 Å². The van der Waals surface area contributed by atoms with Crippen molar-refractivity contribution < 1.29 is 4.79 Å². The Morgan fingerprint density at radius 2 is 1.81 bits per heavy atom. The lowest BCUT2D eigenvalue weighted by molar-refractivity contribution is -0.129. The molecule has 2 heterocycles. The fourth-order valence-corrected chi connectivity index (χ4v) is 3.91. The Labute approximate surface area is 155 Å². The van der Waals surface area contributed by atoms with Gasteiger partial charge < -0.3 is 15.1 Å². The van der Waals surface area contributed by atoms with E-state index in [0.29, 0.717) is 12.0 Å². The van der Waals surface area contributed by atoms with Crippen molar-refractivity contribution in [3.05, 3.63) is 54.4 Å². The highest BCUT2D eigenvalue weighted by Gasteiger charge is 2.30. The largest absolute Gasteiger partial charge is 0.382 e. The monoisotopic (exact) mass is 350 g/mol. The van der Waals surface area contributed by atoms with Crippen molar-refractivity contribution >= 4 is 17.3 Å². The fraction of sp³-hybridized carbons (Fsp3) is 0.429. The molecule has 0 unspecified atom stereocenters. The molecule has 5 nitrogen and oxygen atoms in total. The quantitative estimate of drug-likeness (QED) is 0.920. The zero-order valence-corrected chi connectivity index (χ0v) is 15.3. The Bertz CT molecular complexity index is 732. The highest BCUT2D eigenvalue weighted by molar-refractivity contribution is 5.73. The molecule has 0 radical (unpaired) electrons. The third-order valence-corrected chi connectivity index (χ3v) is 5.62. The van der Waals surface area contributed by atoms with Crippen molar-refractivity contribution in [2.24, 2.45) is 0 Å². The van der Waals surface area contributed by atoms with Crippen molar-refractivity contribution in [2.45, 2.75) is 31.7 Å². The number of nitrogens with one attached hydrogen (secondary N) is 1. The molecule has 1 aliphatic carbocycles. The molecule has 0 spiro atoms. The van der Waals surface area contributed by atoms with Crippen molar-refractivity contribution in [1.29, 1.82) is 0 Å². The first-order valence-corrected chi connectivity index (χ1v) is 9.46. The standard InChI is InChI=1S/C21H26N4O/c1-16(26)24-9-11-25(12-10-24)21-6-4-19(5-7-21)23-20-13-18(14-20)17-3-2-8-22-15-17/h2-8,15,18,20,23H,9-14H2,1H3. The van der Waals surface area contributed by atoms with Gasteiger partial charge in [0, 0.05) is 62.9 Å². The number of nitrogens with zero attached hydrogens (tertiary/aromatic N) is 3. The molecule has 1 aromatic heterocycles. The number of hydrogen-bond donors (Lipinski definition) is 1. The highest BCUT2D eigenvalue weighted by Crippen LogP contribution is 2.38. The van der Waals surface area contributed by atoms with Crippen molar-refractivity contribution in [3.8, 4) is 0 Å². The van der Waals surface area contributed by atoms with E-state index in [0.717, 1.165) is 26.2 Å².